The number of rotatable bonds is 9. The van der Waals surface area contributed by atoms with Gasteiger partial charge in [-0.25, -0.2) is 13.4 Å². The van der Waals surface area contributed by atoms with Crippen molar-refractivity contribution in [3.05, 3.63) is 76.1 Å². The van der Waals surface area contributed by atoms with Crippen molar-refractivity contribution in [2.24, 2.45) is 10.7 Å². The molecule has 0 saturated heterocycles. The number of ether oxygens (including phenoxy) is 1. The number of hydrogen-bond donors (Lipinski definition) is 3. The van der Waals surface area contributed by atoms with Crippen LogP contribution in [0.5, 0.6) is 5.75 Å². The molecular formula is C24H26ClN5O6S. The molecule has 0 unspecified atom stereocenters. The van der Waals surface area contributed by atoms with Crippen LogP contribution >= 0.6 is 11.6 Å². The van der Waals surface area contributed by atoms with Crippen LogP contribution in [-0.4, -0.2) is 54.1 Å². The van der Waals surface area contributed by atoms with Gasteiger partial charge < -0.3 is 21.0 Å². The molecule has 0 saturated carbocycles. The predicted molar refractivity (Wildman–Crippen MR) is 137 cm³/mol. The van der Waals surface area contributed by atoms with Crippen LogP contribution in [0.4, 0.5) is 5.69 Å². The molecule has 13 heteroatoms. The van der Waals surface area contributed by atoms with Crippen molar-refractivity contribution in [1.29, 1.82) is 0 Å². The number of nitrogens with zero attached hydrogens (tertiary/aromatic N) is 3. The van der Waals surface area contributed by atoms with Gasteiger partial charge in [0.25, 0.3) is 11.8 Å². The third-order valence-corrected chi connectivity index (χ3v) is 7.07. The van der Waals surface area contributed by atoms with Gasteiger partial charge >= 0.3 is 0 Å². The Morgan fingerprint density at radius 2 is 1.97 bits per heavy atom. The molecule has 2 heterocycles. The molecule has 37 heavy (non-hydrogen) atoms. The summed E-state index contributed by atoms with van der Waals surface area (Å²) >= 11 is 5.81. The topological polar surface area (TPSA) is 166 Å². The molecular weight excluding hydrogens is 522 g/mol. The number of anilines is 1. The maximum Gasteiger partial charge on any atom is 0.299 e. The summed E-state index contributed by atoms with van der Waals surface area (Å²) in [6, 6.07) is 9.82. The van der Waals surface area contributed by atoms with E-state index in [0.29, 0.717) is 23.4 Å². The minimum atomic E-state index is -3.55. The number of sulfone groups is 1. The average Bonchev–Trinajstić information content (AvgIpc) is 2.86. The number of aryl methyl sites for hydroxylation is 1. The lowest BCUT2D eigenvalue weighted by Gasteiger charge is -2.14. The SMILES string of the molecule is CCS(=O)(=O)c1ccc(C(=O)Nc2ccc(C)nc2C(=O)N=c2ccc(Cl)cn2O)c(OCCCN)c1. The molecule has 0 aliphatic heterocycles. The Balaban J connectivity index is 1.99. The summed E-state index contributed by atoms with van der Waals surface area (Å²) in [7, 11) is -3.55. The molecule has 3 rings (SSSR count). The maximum atomic E-state index is 13.2. The lowest BCUT2D eigenvalue weighted by molar-refractivity contribution is 0.0984. The van der Waals surface area contributed by atoms with E-state index < -0.39 is 21.7 Å². The van der Waals surface area contributed by atoms with Gasteiger partial charge in [0, 0.05) is 5.69 Å². The molecule has 11 nitrogen and oxygen atoms in total. The molecule has 0 radical (unpaired) electrons. The van der Waals surface area contributed by atoms with Gasteiger partial charge in [-0.1, -0.05) is 18.5 Å². The zero-order valence-electron chi connectivity index (χ0n) is 20.1. The molecule has 4 N–H and O–H groups in total. The van der Waals surface area contributed by atoms with E-state index in [4.69, 9.17) is 22.1 Å². The van der Waals surface area contributed by atoms with Crippen LogP contribution in [0.2, 0.25) is 5.02 Å². The maximum absolute atomic E-state index is 13.2. The number of amides is 2. The molecule has 0 fully saturated rings. The number of carbonyl (C=O) groups excluding carboxylic acids is 2. The molecule has 0 aliphatic carbocycles. The van der Waals surface area contributed by atoms with E-state index in [0.717, 1.165) is 6.20 Å². The van der Waals surface area contributed by atoms with Crippen LogP contribution in [-0.2, 0) is 9.84 Å². The first-order valence-electron chi connectivity index (χ1n) is 11.2. The van der Waals surface area contributed by atoms with E-state index in [1.807, 2.05) is 0 Å². The first-order chi connectivity index (χ1) is 17.6. The second-order valence-corrected chi connectivity index (χ2v) is 10.5. The first-order valence-corrected chi connectivity index (χ1v) is 13.2. The van der Waals surface area contributed by atoms with Crippen molar-refractivity contribution in [3.63, 3.8) is 0 Å². The lowest BCUT2D eigenvalue weighted by atomic mass is 10.1. The van der Waals surface area contributed by atoms with Crippen LogP contribution < -0.4 is 21.3 Å². The van der Waals surface area contributed by atoms with E-state index in [1.165, 1.54) is 43.3 Å². The summed E-state index contributed by atoms with van der Waals surface area (Å²) in [5, 5.41) is 12.8. The van der Waals surface area contributed by atoms with Gasteiger partial charge in [-0.15, -0.1) is 0 Å². The number of pyridine rings is 2. The van der Waals surface area contributed by atoms with E-state index in [2.05, 4.69) is 15.3 Å². The molecule has 0 bridgehead atoms. The van der Waals surface area contributed by atoms with Crippen LogP contribution in [0.25, 0.3) is 0 Å². The molecule has 0 spiro atoms. The zero-order valence-corrected chi connectivity index (χ0v) is 21.7. The number of hydrogen-bond acceptors (Lipinski definition) is 8. The third kappa shape index (κ3) is 6.94. The fourth-order valence-electron chi connectivity index (χ4n) is 3.15. The molecule has 2 aromatic heterocycles. The van der Waals surface area contributed by atoms with Crippen LogP contribution in [0.3, 0.4) is 0 Å². The van der Waals surface area contributed by atoms with Gasteiger partial charge in [0.2, 0.25) is 0 Å². The number of aromatic nitrogens is 2. The van der Waals surface area contributed by atoms with E-state index >= 15 is 0 Å². The normalized spacial score (nSPS) is 11.8. The third-order valence-electron chi connectivity index (χ3n) is 5.12. The minimum absolute atomic E-state index is 0.0150. The minimum Gasteiger partial charge on any atom is -0.493 e. The van der Waals surface area contributed by atoms with Gasteiger partial charge in [0.15, 0.2) is 21.0 Å². The van der Waals surface area contributed by atoms with Crippen LogP contribution in [0.1, 0.15) is 39.9 Å². The Bertz CT molecular complexity index is 1500. The highest BCUT2D eigenvalue weighted by Crippen LogP contribution is 2.26. The lowest BCUT2D eigenvalue weighted by Crippen LogP contribution is -2.21. The number of benzene rings is 1. The largest absolute Gasteiger partial charge is 0.493 e. The van der Waals surface area contributed by atoms with Crippen LogP contribution in [0.15, 0.2) is 58.5 Å². The van der Waals surface area contributed by atoms with Gasteiger partial charge in [-0.05, 0) is 62.4 Å². The van der Waals surface area contributed by atoms with Crippen LogP contribution in [0, 0.1) is 6.92 Å². The summed E-state index contributed by atoms with van der Waals surface area (Å²) in [5.74, 6) is -1.55. The van der Waals surface area contributed by atoms with Gasteiger partial charge in [-0.2, -0.15) is 9.72 Å². The first kappa shape index (κ1) is 27.8. The Hall–Kier alpha value is -3.74. The van der Waals surface area contributed by atoms with E-state index in [9.17, 15) is 23.2 Å². The molecule has 1 aromatic carbocycles. The summed E-state index contributed by atoms with van der Waals surface area (Å²) in [6.45, 7) is 3.69. The smallest absolute Gasteiger partial charge is 0.299 e. The molecule has 0 aliphatic rings. The summed E-state index contributed by atoms with van der Waals surface area (Å²) in [6.07, 6.45) is 1.65. The monoisotopic (exact) mass is 547 g/mol. The fourth-order valence-corrected chi connectivity index (χ4v) is 4.20. The van der Waals surface area contributed by atoms with Crippen molar-refractivity contribution in [3.8, 4) is 5.75 Å². The Morgan fingerprint density at radius 3 is 2.65 bits per heavy atom. The van der Waals surface area contributed by atoms with Crippen molar-refractivity contribution in [2.45, 2.75) is 25.2 Å². The second kappa shape index (κ2) is 12.0. The summed E-state index contributed by atoms with van der Waals surface area (Å²) in [5.41, 5.74) is 5.85. The highest BCUT2D eigenvalue weighted by Gasteiger charge is 2.21. The standard InChI is InChI=1S/C24H26ClN5O6S/c1-3-37(34,35)17-7-8-18(20(13-17)36-12-4-11-26)23(31)28-19-9-5-15(2)27-22(19)24(32)29-21-10-6-16(25)14-30(21)33/h5-10,13-14,33H,3-4,11-12,26H2,1-2H3,(H,28,31). The highest BCUT2D eigenvalue weighted by atomic mass is 35.5. The van der Waals surface area contributed by atoms with Gasteiger partial charge in [0.1, 0.15) is 5.75 Å². The number of carbonyl (C=O) groups is 2. The Kier molecular flexibility index (Phi) is 9.03. The van der Waals surface area contributed by atoms with Gasteiger partial charge in [0.05, 0.1) is 39.7 Å². The molecule has 196 valence electrons. The van der Waals surface area contributed by atoms with Crippen molar-refractivity contribution < 1.29 is 28.0 Å². The average molecular weight is 548 g/mol. The zero-order chi connectivity index (χ0) is 27.2. The summed E-state index contributed by atoms with van der Waals surface area (Å²) < 4.78 is 30.9. The molecule has 3 aromatic rings. The molecule has 0 atom stereocenters. The van der Waals surface area contributed by atoms with Crippen molar-refractivity contribution in [2.75, 3.05) is 24.2 Å². The van der Waals surface area contributed by atoms with Gasteiger partial charge in [-0.3, -0.25) is 9.59 Å². The Labute approximate surface area is 218 Å². The quantitative estimate of drug-likeness (QED) is 0.271. The number of halogens is 1. The predicted octanol–water partition coefficient (Wildman–Crippen LogP) is 2.60. The second-order valence-electron chi connectivity index (χ2n) is 7.82. The molecule has 2 amide bonds. The highest BCUT2D eigenvalue weighted by molar-refractivity contribution is 7.91. The Morgan fingerprint density at radius 1 is 1.22 bits per heavy atom. The summed E-state index contributed by atoms with van der Waals surface area (Å²) in [4.78, 5) is 34.2. The van der Waals surface area contributed by atoms with Crippen molar-refractivity contribution >= 4 is 38.9 Å². The van der Waals surface area contributed by atoms with E-state index in [-0.39, 0.29) is 50.5 Å². The number of nitrogens with two attached hydrogens (primary N) is 1. The number of nitrogens with one attached hydrogen (secondary N) is 1. The van der Waals surface area contributed by atoms with Crippen molar-refractivity contribution in [1.82, 2.24) is 9.71 Å². The van der Waals surface area contributed by atoms with E-state index in [1.54, 1.807) is 13.0 Å². The fraction of sp³-hybridized carbons (Fsp3) is 0.250.